The average Bonchev–Trinajstić information content (AvgIpc) is 3.17. The Balaban J connectivity index is 1.48. The van der Waals surface area contributed by atoms with Gasteiger partial charge in [-0.25, -0.2) is 9.37 Å². The van der Waals surface area contributed by atoms with Gasteiger partial charge in [0.1, 0.15) is 11.6 Å². The highest BCUT2D eigenvalue weighted by Crippen LogP contribution is 2.32. The molecule has 3 heterocycles. The summed E-state index contributed by atoms with van der Waals surface area (Å²) < 4.78 is 13.7. The molecular formula is C23H25FN6. The fourth-order valence-corrected chi connectivity index (χ4v) is 4.19. The Morgan fingerprint density at radius 3 is 2.57 bits per heavy atom. The summed E-state index contributed by atoms with van der Waals surface area (Å²) in [6, 6.07) is 11.3. The molecule has 0 spiro atoms. The lowest BCUT2D eigenvalue weighted by Gasteiger charge is -2.38. The molecule has 1 aliphatic rings. The second-order valence-electron chi connectivity index (χ2n) is 8.15. The smallest absolute Gasteiger partial charge is 0.142 e. The van der Waals surface area contributed by atoms with Gasteiger partial charge >= 0.3 is 0 Å². The lowest BCUT2D eigenvalue weighted by molar-refractivity contribution is 0.209. The number of nitrogens with one attached hydrogen (secondary N) is 1. The first-order valence-corrected chi connectivity index (χ1v) is 10.3. The van der Waals surface area contributed by atoms with Gasteiger partial charge in [-0.1, -0.05) is 0 Å². The molecule has 1 aliphatic heterocycles. The molecule has 30 heavy (non-hydrogen) atoms. The molecule has 7 heteroatoms. The number of aromatic nitrogens is 3. The summed E-state index contributed by atoms with van der Waals surface area (Å²) in [5.74, 6) is 0.308. The van der Waals surface area contributed by atoms with Gasteiger partial charge in [0.05, 0.1) is 27.8 Å². The van der Waals surface area contributed by atoms with E-state index in [4.69, 9.17) is 10.7 Å². The highest BCUT2D eigenvalue weighted by Gasteiger charge is 2.20. The molecule has 0 atom stereocenters. The first-order valence-electron chi connectivity index (χ1n) is 10.3. The standard InChI is InChI=1S/C23H25FN6/c1-14(2)29-7-9-30(10-8-29)16-4-6-20-21(12-16)28-23(27-20)18-13-26-19-5-3-15(24)11-17(19)22(18)25/h3-6,11-14H,7-10H2,1-2H3,(H2,25,26)(H,27,28). The minimum atomic E-state index is -0.333. The van der Waals surface area contributed by atoms with Gasteiger partial charge in [0.25, 0.3) is 0 Å². The normalized spacial score (nSPS) is 15.5. The monoisotopic (exact) mass is 404 g/mol. The van der Waals surface area contributed by atoms with Gasteiger partial charge in [0.2, 0.25) is 0 Å². The third-order valence-electron chi connectivity index (χ3n) is 6.00. The maximum absolute atomic E-state index is 13.7. The number of imidazole rings is 1. The van der Waals surface area contributed by atoms with E-state index in [1.54, 1.807) is 12.3 Å². The number of nitrogen functional groups attached to an aromatic ring is 1. The first-order chi connectivity index (χ1) is 14.5. The van der Waals surface area contributed by atoms with Crippen molar-refractivity contribution in [2.24, 2.45) is 0 Å². The van der Waals surface area contributed by atoms with Gasteiger partial charge in [-0.05, 0) is 50.2 Å². The van der Waals surface area contributed by atoms with Crippen molar-refractivity contribution >= 4 is 33.3 Å². The van der Waals surface area contributed by atoms with E-state index in [1.807, 2.05) is 6.07 Å². The molecule has 2 aromatic carbocycles. The van der Waals surface area contributed by atoms with Gasteiger partial charge in [0, 0.05) is 49.5 Å². The van der Waals surface area contributed by atoms with Crippen molar-refractivity contribution in [1.29, 1.82) is 0 Å². The summed E-state index contributed by atoms with van der Waals surface area (Å²) in [6.45, 7) is 8.65. The number of benzene rings is 2. The summed E-state index contributed by atoms with van der Waals surface area (Å²) in [6.07, 6.45) is 1.69. The van der Waals surface area contributed by atoms with Gasteiger partial charge in [-0.3, -0.25) is 9.88 Å². The zero-order valence-corrected chi connectivity index (χ0v) is 17.2. The number of rotatable bonds is 3. The molecule has 154 valence electrons. The molecule has 4 aromatic rings. The molecule has 5 rings (SSSR count). The van der Waals surface area contributed by atoms with E-state index >= 15 is 0 Å². The number of hydrogen-bond donors (Lipinski definition) is 2. The van der Waals surface area contributed by atoms with Crippen LogP contribution in [0.2, 0.25) is 0 Å². The molecule has 0 amide bonds. The number of piperazine rings is 1. The molecular weight excluding hydrogens is 379 g/mol. The number of halogens is 1. The maximum Gasteiger partial charge on any atom is 0.142 e. The highest BCUT2D eigenvalue weighted by atomic mass is 19.1. The molecule has 6 nitrogen and oxygen atoms in total. The number of hydrogen-bond acceptors (Lipinski definition) is 5. The molecule has 2 aromatic heterocycles. The molecule has 0 unspecified atom stereocenters. The van der Waals surface area contributed by atoms with Crippen molar-refractivity contribution in [3.05, 3.63) is 48.4 Å². The fraction of sp³-hybridized carbons (Fsp3) is 0.304. The number of nitrogens with zero attached hydrogens (tertiary/aromatic N) is 4. The predicted molar refractivity (Wildman–Crippen MR) is 120 cm³/mol. The van der Waals surface area contributed by atoms with E-state index in [0.717, 1.165) is 37.2 Å². The highest BCUT2D eigenvalue weighted by molar-refractivity contribution is 5.98. The van der Waals surface area contributed by atoms with Crippen LogP contribution in [0, 0.1) is 5.82 Å². The molecule has 0 bridgehead atoms. The van der Waals surface area contributed by atoms with Crippen molar-refractivity contribution < 1.29 is 4.39 Å². The molecule has 0 radical (unpaired) electrons. The van der Waals surface area contributed by atoms with Crippen LogP contribution in [0.15, 0.2) is 42.6 Å². The fourth-order valence-electron chi connectivity index (χ4n) is 4.19. The van der Waals surface area contributed by atoms with Crippen molar-refractivity contribution in [3.8, 4) is 11.4 Å². The Kier molecular flexibility index (Phi) is 4.55. The molecule has 3 N–H and O–H groups in total. The second kappa shape index (κ2) is 7.25. The Hall–Kier alpha value is -3.19. The Bertz CT molecular complexity index is 1220. The van der Waals surface area contributed by atoms with Crippen LogP contribution in [0.4, 0.5) is 15.8 Å². The van der Waals surface area contributed by atoms with Crippen molar-refractivity contribution in [1.82, 2.24) is 19.9 Å². The van der Waals surface area contributed by atoms with Gasteiger partial charge in [0.15, 0.2) is 0 Å². The third kappa shape index (κ3) is 3.25. The number of aromatic amines is 1. The van der Waals surface area contributed by atoms with E-state index in [-0.39, 0.29) is 5.82 Å². The lowest BCUT2D eigenvalue weighted by atomic mass is 10.1. The zero-order chi connectivity index (χ0) is 20.8. The van der Waals surface area contributed by atoms with Gasteiger partial charge in [-0.15, -0.1) is 0 Å². The van der Waals surface area contributed by atoms with Crippen LogP contribution in [-0.2, 0) is 0 Å². The van der Waals surface area contributed by atoms with Gasteiger partial charge in [-0.2, -0.15) is 0 Å². The Labute approximate surface area is 174 Å². The summed E-state index contributed by atoms with van der Waals surface area (Å²) in [7, 11) is 0. The van der Waals surface area contributed by atoms with Crippen LogP contribution in [0.1, 0.15) is 13.8 Å². The van der Waals surface area contributed by atoms with Crippen molar-refractivity contribution in [2.45, 2.75) is 19.9 Å². The van der Waals surface area contributed by atoms with Crippen LogP contribution in [0.5, 0.6) is 0 Å². The maximum atomic E-state index is 13.7. The largest absolute Gasteiger partial charge is 0.398 e. The lowest BCUT2D eigenvalue weighted by Crippen LogP contribution is -2.48. The molecule has 1 fully saturated rings. The van der Waals surface area contributed by atoms with Gasteiger partial charge < -0.3 is 15.6 Å². The van der Waals surface area contributed by atoms with E-state index in [1.165, 1.54) is 17.8 Å². The SMILES string of the molecule is CC(C)N1CCN(c2ccc3nc(-c4cnc5ccc(F)cc5c4N)[nH]c3c2)CC1. The summed E-state index contributed by atoms with van der Waals surface area (Å²) >= 11 is 0. The number of anilines is 2. The number of pyridine rings is 1. The van der Waals surface area contributed by atoms with Crippen LogP contribution in [0.3, 0.4) is 0 Å². The summed E-state index contributed by atoms with van der Waals surface area (Å²) in [4.78, 5) is 17.4. The quantitative estimate of drug-likeness (QED) is 0.539. The summed E-state index contributed by atoms with van der Waals surface area (Å²) in [5.41, 5.74) is 11.2. The number of H-pyrrole nitrogens is 1. The topological polar surface area (TPSA) is 74.1 Å². The molecule has 0 saturated carbocycles. The Morgan fingerprint density at radius 2 is 1.80 bits per heavy atom. The first kappa shape index (κ1) is 18.8. The van der Waals surface area contributed by atoms with Crippen molar-refractivity contribution in [2.75, 3.05) is 36.8 Å². The molecule has 0 aliphatic carbocycles. The third-order valence-corrected chi connectivity index (χ3v) is 6.00. The van der Waals surface area contributed by atoms with E-state index in [0.29, 0.717) is 34.0 Å². The zero-order valence-electron chi connectivity index (χ0n) is 17.2. The van der Waals surface area contributed by atoms with Crippen molar-refractivity contribution in [3.63, 3.8) is 0 Å². The van der Waals surface area contributed by atoms with E-state index < -0.39 is 0 Å². The summed E-state index contributed by atoms with van der Waals surface area (Å²) in [5, 5.41) is 0.594. The van der Waals surface area contributed by atoms with Crippen LogP contribution >= 0.6 is 0 Å². The minimum Gasteiger partial charge on any atom is -0.398 e. The van der Waals surface area contributed by atoms with E-state index in [9.17, 15) is 4.39 Å². The predicted octanol–water partition coefficient (Wildman–Crippen LogP) is 4.03. The number of nitrogens with two attached hydrogens (primary N) is 1. The average molecular weight is 404 g/mol. The molecule has 1 saturated heterocycles. The minimum absolute atomic E-state index is 0.333. The van der Waals surface area contributed by atoms with Crippen LogP contribution in [0.25, 0.3) is 33.3 Å². The van der Waals surface area contributed by atoms with Crippen LogP contribution < -0.4 is 10.6 Å². The van der Waals surface area contributed by atoms with Crippen LogP contribution in [-0.4, -0.2) is 52.1 Å². The second-order valence-corrected chi connectivity index (χ2v) is 8.15. The van der Waals surface area contributed by atoms with E-state index in [2.05, 4.69) is 45.7 Å². The number of fused-ring (bicyclic) bond motifs is 2. The Morgan fingerprint density at radius 1 is 1.03 bits per heavy atom.